The molecule has 0 saturated heterocycles. The zero-order valence-electron chi connectivity index (χ0n) is 18.0. The number of hydrogen-bond donors (Lipinski definition) is 0. The fourth-order valence-electron chi connectivity index (χ4n) is 2.99. The number of para-hydroxylation sites is 1. The number of esters is 1. The number of hydrogen-bond acceptors (Lipinski definition) is 5. The number of benzene rings is 3. The van der Waals surface area contributed by atoms with E-state index < -0.39 is 5.97 Å². The maximum Gasteiger partial charge on any atom is 0.333 e. The van der Waals surface area contributed by atoms with Gasteiger partial charge in [-0.15, -0.1) is 0 Å². The van der Waals surface area contributed by atoms with Gasteiger partial charge in [0.25, 0.3) is 0 Å². The van der Waals surface area contributed by atoms with Gasteiger partial charge in [0.1, 0.15) is 43.2 Å². The van der Waals surface area contributed by atoms with Gasteiger partial charge in [0.2, 0.25) is 0 Å². The van der Waals surface area contributed by atoms with Crippen molar-refractivity contribution in [1.29, 1.82) is 0 Å². The minimum absolute atomic E-state index is 0.268. The summed E-state index contributed by atoms with van der Waals surface area (Å²) < 4.78 is 23.1. The second-order valence-corrected chi connectivity index (χ2v) is 7.14. The van der Waals surface area contributed by atoms with E-state index >= 15 is 0 Å². The molecular formula is C26H28O5. The van der Waals surface area contributed by atoms with E-state index in [1.807, 2.05) is 73.7 Å². The minimum atomic E-state index is -0.401. The number of fused-ring (bicyclic) bond motifs is 1. The lowest BCUT2D eigenvalue weighted by Gasteiger charge is -2.18. The van der Waals surface area contributed by atoms with Crippen LogP contribution in [-0.2, 0) is 9.53 Å². The normalized spacial score (nSPS) is 11.5. The van der Waals surface area contributed by atoms with Crippen molar-refractivity contribution in [2.45, 2.75) is 26.4 Å². The molecule has 31 heavy (non-hydrogen) atoms. The Morgan fingerprint density at radius 1 is 0.839 bits per heavy atom. The highest BCUT2D eigenvalue weighted by Gasteiger charge is 2.15. The summed E-state index contributed by atoms with van der Waals surface area (Å²) in [6.07, 6.45) is 0.313. The van der Waals surface area contributed by atoms with Crippen LogP contribution >= 0.6 is 0 Å². The van der Waals surface area contributed by atoms with Crippen molar-refractivity contribution in [2.75, 3.05) is 19.8 Å². The van der Waals surface area contributed by atoms with Crippen LogP contribution in [-0.4, -0.2) is 31.9 Å². The molecule has 3 aromatic carbocycles. The average molecular weight is 421 g/mol. The summed E-state index contributed by atoms with van der Waals surface area (Å²) in [5.41, 5.74) is 0.377. The molecule has 0 aromatic heterocycles. The molecular weight excluding hydrogens is 392 g/mol. The van der Waals surface area contributed by atoms with Gasteiger partial charge in [-0.05, 0) is 37.6 Å². The van der Waals surface area contributed by atoms with Crippen LogP contribution in [0.4, 0.5) is 0 Å². The van der Waals surface area contributed by atoms with Gasteiger partial charge in [-0.3, -0.25) is 0 Å². The number of carbonyl (C=O) groups excluding carboxylic acids is 1. The summed E-state index contributed by atoms with van der Waals surface area (Å²) in [6, 6.07) is 21.3. The molecule has 0 fully saturated rings. The molecule has 0 N–H and O–H groups in total. The molecule has 0 bridgehead atoms. The molecule has 0 aliphatic heterocycles. The summed E-state index contributed by atoms with van der Waals surface area (Å²) in [7, 11) is 0. The highest BCUT2D eigenvalue weighted by Crippen LogP contribution is 2.33. The lowest BCUT2D eigenvalue weighted by molar-refractivity contribution is -0.145. The zero-order valence-corrected chi connectivity index (χ0v) is 18.0. The smallest absolute Gasteiger partial charge is 0.333 e. The monoisotopic (exact) mass is 420 g/mol. The van der Waals surface area contributed by atoms with Crippen molar-refractivity contribution in [2.24, 2.45) is 0 Å². The van der Waals surface area contributed by atoms with E-state index in [9.17, 15) is 4.79 Å². The minimum Gasteiger partial charge on any atom is -0.490 e. The van der Waals surface area contributed by atoms with Crippen molar-refractivity contribution < 1.29 is 23.7 Å². The first-order valence-electron chi connectivity index (χ1n) is 10.4. The Bertz CT molecular complexity index is 1010. The third kappa shape index (κ3) is 6.25. The molecule has 0 amide bonds. The molecule has 0 spiro atoms. The summed E-state index contributed by atoms with van der Waals surface area (Å²) in [5, 5.41) is 1.89. The first-order valence-corrected chi connectivity index (χ1v) is 10.4. The fraction of sp³-hybridized carbons (Fsp3) is 0.269. The highest BCUT2D eigenvalue weighted by molar-refractivity contribution is 5.93. The molecule has 3 aromatic rings. The van der Waals surface area contributed by atoms with Gasteiger partial charge in [-0.25, -0.2) is 4.79 Å². The Morgan fingerprint density at radius 3 is 2.03 bits per heavy atom. The van der Waals surface area contributed by atoms with Crippen molar-refractivity contribution in [3.05, 3.63) is 78.9 Å². The van der Waals surface area contributed by atoms with Crippen LogP contribution in [0.5, 0.6) is 17.2 Å². The number of ether oxygens (including phenoxy) is 4. The molecule has 3 rings (SSSR count). The van der Waals surface area contributed by atoms with Crippen LogP contribution in [0.25, 0.3) is 10.8 Å². The van der Waals surface area contributed by atoms with Gasteiger partial charge < -0.3 is 18.9 Å². The zero-order chi connectivity index (χ0) is 22.1. The summed E-state index contributed by atoms with van der Waals surface area (Å²) >= 11 is 0. The maximum absolute atomic E-state index is 11.8. The molecule has 5 heteroatoms. The molecule has 0 saturated carbocycles. The Kier molecular flexibility index (Phi) is 7.93. The van der Waals surface area contributed by atoms with E-state index in [0.717, 1.165) is 22.3 Å². The van der Waals surface area contributed by atoms with Gasteiger partial charge in [-0.1, -0.05) is 56.0 Å². The van der Waals surface area contributed by atoms with E-state index in [-0.39, 0.29) is 12.7 Å². The third-order valence-electron chi connectivity index (χ3n) is 4.70. The number of rotatable bonds is 11. The Labute approximate surface area is 183 Å². The molecule has 0 radical (unpaired) electrons. The maximum atomic E-state index is 11.8. The summed E-state index contributed by atoms with van der Waals surface area (Å²) in [6.45, 7) is 8.34. The van der Waals surface area contributed by atoms with Crippen molar-refractivity contribution >= 4 is 16.7 Å². The Hall–Kier alpha value is -3.47. The lowest BCUT2D eigenvalue weighted by atomic mass is 10.1. The first-order chi connectivity index (χ1) is 15.1. The predicted molar refractivity (Wildman–Crippen MR) is 122 cm³/mol. The van der Waals surface area contributed by atoms with Crippen LogP contribution in [0.1, 0.15) is 20.3 Å². The molecule has 1 unspecified atom stereocenters. The second-order valence-electron chi connectivity index (χ2n) is 7.14. The van der Waals surface area contributed by atoms with Gasteiger partial charge in [0, 0.05) is 16.3 Å². The lowest BCUT2D eigenvalue weighted by Crippen LogP contribution is -2.24. The summed E-state index contributed by atoms with van der Waals surface area (Å²) in [4.78, 5) is 11.8. The fourth-order valence-corrected chi connectivity index (χ4v) is 2.99. The highest BCUT2D eigenvalue weighted by atomic mass is 16.6. The molecule has 0 aliphatic rings. The largest absolute Gasteiger partial charge is 0.490 e. The topological polar surface area (TPSA) is 54.0 Å². The van der Waals surface area contributed by atoms with Crippen LogP contribution in [0.15, 0.2) is 78.9 Å². The van der Waals surface area contributed by atoms with E-state index in [1.165, 1.54) is 0 Å². The average Bonchev–Trinajstić information content (AvgIpc) is 2.80. The molecule has 162 valence electrons. The second kappa shape index (κ2) is 11.1. The standard InChI is InChI=1S/C26H28O5/c1-4-20(31-26(27)19(2)3)18-30-25-15-14-24(22-12-8-9-13-23(22)25)29-17-16-28-21-10-6-5-7-11-21/h5-15,20H,2,4,16-18H2,1,3H3. The Morgan fingerprint density at radius 2 is 1.42 bits per heavy atom. The van der Waals surface area contributed by atoms with Crippen LogP contribution in [0, 0.1) is 0 Å². The molecule has 0 aliphatic carbocycles. The quantitative estimate of drug-likeness (QED) is 0.230. The molecule has 5 nitrogen and oxygen atoms in total. The van der Waals surface area contributed by atoms with E-state index in [0.29, 0.717) is 31.0 Å². The van der Waals surface area contributed by atoms with Gasteiger partial charge in [0.05, 0.1) is 0 Å². The molecule has 1 atom stereocenters. The van der Waals surface area contributed by atoms with Gasteiger partial charge >= 0.3 is 5.97 Å². The first kappa shape index (κ1) is 22.2. The Balaban J connectivity index is 1.63. The summed E-state index contributed by atoms with van der Waals surface area (Å²) in [5.74, 6) is 1.90. The predicted octanol–water partition coefficient (Wildman–Crippen LogP) is 5.57. The van der Waals surface area contributed by atoms with Crippen molar-refractivity contribution in [1.82, 2.24) is 0 Å². The van der Waals surface area contributed by atoms with E-state index in [1.54, 1.807) is 6.92 Å². The van der Waals surface area contributed by atoms with Gasteiger partial charge in [0.15, 0.2) is 0 Å². The van der Waals surface area contributed by atoms with Gasteiger partial charge in [-0.2, -0.15) is 0 Å². The van der Waals surface area contributed by atoms with Crippen LogP contribution in [0.3, 0.4) is 0 Å². The van der Waals surface area contributed by atoms with E-state index in [2.05, 4.69) is 6.58 Å². The van der Waals surface area contributed by atoms with Crippen molar-refractivity contribution in [3.63, 3.8) is 0 Å². The number of carbonyl (C=O) groups is 1. The third-order valence-corrected chi connectivity index (χ3v) is 4.70. The van der Waals surface area contributed by atoms with Crippen LogP contribution in [0.2, 0.25) is 0 Å². The van der Waals surface area contributed by atoms with Crippen LogP contribution < -0.4 is 14.2 Å². The molecule has 0 heterocycles. The van der Waals surface area contributed by atoms with Crippen molar-refractivity contribution in [3.8, 4) is 17.2 Å². The van der Waals surface area contributed by atoms with E-state index in [4.69, 9.17) is 18.9 Å². The SMILES string of the molecule is C=C(C)C(=O)OC(CC)COc1ccc(OCCOc2ccccc2)c2ccccc12.